The molecular formula is C11H9F3N2S. The molecule has 0 aliphatic rings. The highest BCUT2D eigenvalue weighted by atomic mass is 32.2. The molecular weight excluding hydrogens is 249 g/mol. The molecule has 2 rings (SSSR count). The average Bonchev–Trinajstić information content (AvgIpc) is 2.64. The van der Waals surface area contributed by atoms with Crippen LogP contribution >= 0.6 is 11.8 Å². The molecule has 90 valence electrons. The average molecular weight is 258 g/mol. The molecule has 0 saturated heterocycles. The van der Waals surface area contributed by atoms with Crippen LogP contribution in [0.2, 0.25) is 0 Å². The lowest BCUT2D eigenvalue weighted by molar-refractivity contribution is -0.137. The van der Waals surface area contributed by atoms with E-state index in [1.807, 2.05) is 11.6 Å². The van der Waals surface area contributed by atoms with Crippen molar-refractivity contribution in [3.05, 3.63) is 42.2 Å². The number of imidazole rings is 1. The molecule has 1 aromatic carbocycles. The number of alkyl halides is 3. The van der Waals surface area contributed by atoms with Crippen LogP contribution in [0.5, 0.6) is 0 Å². The van der Waals surface area contributed by atoms with Crippen molar-refractivity contribution in [2.75, 3.05) is 0 Å². The van der Waals surface area contributed by atoms with Gasteiger partial charge in [-0.25, -0.2) is 4.98 Å². The summed E-state index contributed by atoms with van der Waals surface area (Å²) in [6.07, 6.45) is -0.856. The fourth-order valence-electron chi connectivity index (χ4n) is 1.27. The van der Waals surface area contributed by atoms with Gasteiger partial charge in [0.2, 0.25) is 0 Å². The third-order valence-electron chi connectivity index (χ3n) is 2.17. The summed E-state index contributed by atoms with van der Waals surface area (Å²) >= 11 is 1.32. The molecule has 2 nitrogen and oxygen atoms in total. The zero-order valence-corrected chi connectivity index (χ0v) is 9.72. The minimum atomic E-state index is -4.29. The van der Waals surface area contributed by atoms with E-state index in [1.165, 1.54) is 23.9 Å². The highest BCUT2D eigenvalue weighted by Gasteiger charge is 2.29. The molecule has 0 saturated carbocycles. The van der Waals surface area contributed by atoms with E-state index in [-0.39, 0.29) is 0 Å². The van der Waals surface area contributed by atoms with Crippen LogP contribution < -0.4 is 0 Å². The van der Waals surface area contributed by atoms with Gasteiger partial charge in [-0.1, -0.05) is 11.8 Å². The molecule has 2 aromatic rings. The van der Waals surface area contributed by atoms with Crippen LogP contribution in [0.15, 0.2) is 46.7 Å². The second-order valence-corrected chi connectivity index (χ2v) is 4.49. The lowest BCUT2D eigenvalue weighted by Gasteiger charge is -2.07. The maximum Gasteiger partial charge on any atom is 0.416 e. The first-order valence-corrected chi connectivity index (χ1v) is 5.61. The zero-order valence-electron chi connectivity index (χ0n) is 8.90. The molecule has 0 spiro atoms. The van der Waals surface area contributed by atoms with Crippen molar-refractivity contribution in [1.29, 1.82) is 0 Å². The molecule has 1 aromatic heterocycles. The van der Waals surface area contributed by atoms with Crippen molar-refractivity contribution in [2.45, 2.75) is 16.2 Å². The summed E-state index contributed by atoms with van der Waals surface area (Å²) in [6.45, 7) is 0. The Morgan fingerprint density at radius 1 is 1.18 bits per heavy atom. The van der Waals surface area contributed by atoms with Gasteiger partial charge in [0.05, 0.1) is 5.56 Å². The number of hydrogen-bond acceptors (Lipinski definition) is 2. The third-order valence-corrected chi connectivity index (χ3v) is 3.25. The monoisotopic (exact) mass is 258 g/mol. The Hall–Kier alpha value is -1.43. The van der Waals surface area contributed by atoms with Gasteiger partial charge < -0.3 is 4.57 Å². The number of nitrogens with zero attached hydrogens (tertiary/aromatic N) is 2. The molecule has 0 radical (unpaired) electrons. The van der Waals surface area contributed by atoms with Gasteiger partial charge >= 0.3 is 6.18 Å². The number of aryl methyl sites for hydroxylation is 1. The van der Waals surface area contributed by atoms with Crippen LogP contribution in [0.1, 0.15) is 5.56 Å². The highest BCUT2D eigenvalue weighted by Crippen LogP contribution is 2.32. The fraction of sp³-hybridized carbons (Fsp3) is 0.182. The molecule has 0 N–H and O–H groups in total. The number of rotatable bonds is 2. The van der Waals surface area contributed by atoms with Gasteiger partial charge in [-0.3, -0.25) is 0 Å². The van der Waals surface area contributed by atoms with Crippen molar-refractivity contribution in [2.24, 2.45) is 7.05 Å². The Morgan fingerprint density at radius 2 is 1.82 bits per heavy atom. The van der Waals surface area contributed by atoms with E-state index in [0.717, 1.165) is 22.2 Å². The SMILES string of the molecule is Cn1ccnc1Sc1ccc(C(F)(F)F)cc1. The lowest BCUT2D eigenvalue weighted by atomic mass is 10.2. The Bertz CT molecular complexity index is 502. The Kier molecular flexibility index (Phi) is 3.15. The van der Waals surface area contributed by atoms with Gasteiger partial charge in [0.25, 0.3) is 0 Å². The molecule has 0 fully saturated rings. The predicted octanol–water partition coefficient (Wildman–Crippen LogP) is 3.59. The van der Waals surface area contributed by atoms with Crippen LogP contribution in [0.25, 0.3) is 0 Å². The second-order valence-electron chi connectivity index (χ2n) is 3.44. The molecule has 0 atom stereocenters. The van der Waals surface area contributed by atoms with E-state index in [0.29, 0.717) is 0 Å². The summed E-state index contributed by atoms with van der Waals surface area (Å²) in [7, 11) is 1.83. The van der Waals surface area contributed by atoms with E-state index in [9.17, 15) is 13.2 Å². The molecule has 6 heteroatoms. The van der Waals surface area contributed by atoms with Crippen LogP contribution in [0, 0.1) is 0 Å². The van der Waals surface area contributed by atoms with Crippen LogP contribution in [0.3, 0.4) is 0 Å². The fourth-order valence-corrected chi connectivity index (χ4v) is 2.07. The van der Waals surface area contributed by atoms with Gasteiger partial charge in [-0.15, -0.1) is 0 Å². The molecule has 0 aliphatic heterocycles. The second kappa shape index (κ2) is 4.44. The normalized spacial score (nSPS) is 11.8. The summed E-state index contributed by atoms with van der Waals surface area (Å²) in [5, 5.41) is 0.741. The summed E-state index contributed by atoms with van der Waals surface area (Å²) in [6, 6.07) is 5.04. The maximum atomic E-state index is 12.3. The van der Waals surface area contributed by atoms with E-state index in [4.69, 9.17) is 0 Å². The predicted molar refractivity (Wildman–Crippen MR) is 58.8 cm³/mol. The number of hydrogen-bond donors (Lipinski definition) is 0. The quantitative estimate of drug-likeness (QED) is 0.819. The Balaban J connectivity index is 2.17. The number of benzene rings is 1. The molecule has 17 heavy (non-hydrogen) atoms. The molecule has 1 heterocycles. The highest BCUT2D eigenvalue weighted by molar-refractivity contribution is 7.99. The summed E-state index contributed by atoms with van der Waals surface area (Å²) in [4.78, 5) is 4.81. The van der Waals surface area contributed by atoms with Crippen LogP contribution in [0.4, 0.5) is 13.2 Å². The third kappa shape index (κ3) is 2.82. The maximum absolute atomic E-state index is 12.3. The van der Waals surface area contributed by atoms with E-state index >= 15 is 0 Å². The van der Waals surface area contributed by atoms with Gasteiger partial charge in [0, 0.05) is 24.3 Å². The van der Waals surface area contributed by atoms with Crippen molar-refractivity contribution in [3.8, 4) is 0 Å². The summed E-state index contributed by atoms with van der Waals surface area (Å²) in [5.74, 6) is 0. The minimum Gasteiger partial charge on any atom is -0.329 e. The smallest absolute Gasteiger partial charge is 0.329 e. The van der Waals surface area contributed by atoms with Crippen LogP contribution in [-0.4, -0.2) is 9.55 Å². The number of halogens is 3. The van der Waals surface area contributed by atoms with Gasteiger partial charge in [0.1, 0.15) is 0 Å². The Labute approximate surface area is 100 Å². The minimum absolute atomic E-state index is 0.637. The Morgan fingerprint density at radius 3 is 2.29 bits per heavy atom. The van der Waals surface area contributed by atoms with Gasteiger partial charge in [-0.2, -0.15) is 13.2 Å². The molecule has 0 bridgehead atoms. The van der Waals surface area contributed by atoms with E-state index in [1.54, 1.807) is 12.4 Å². The lowest BCUT2D eigenvalue weighted by Crippen LogP contribution is -2.03. The van der Waals surface area contributed by atoms with Gasteiger partial charge in [-0.05, 0) is 24.3 Å². The van der Waals surface area contributed by atoms with E-state index in [2.05, 4.69) is 4.98 Å². The first-order valence-electron chi connectivity index (χ1n) is 4.79. The molecule has 0 unspecified atom stereocenters. The van der Waals surface area contributed by atoms with Crippen molar-refractivity contribution in [3.63, 3.8) is 0 Å². The number of aromatic nitrogens is 2. The first-order chi connectivity index (χ1) is 7.97. The topological polar surface area (TPSA) is 17.8 Å². The molecule has 0 amide bonds. The first kappa shape index (κ1) is 12.0. The summed E-state index contributed by atoms with van der Waals surface area (Å²) < 4.78 is 38.8. The van der Waals surface area contributed by atoms with Gasteiger partial charge in [0.15, 0.2) is 5.16 Å². The largest absolute Gasteiger partial charge is 0.416 e. The molecule has 0 aliphatic carbocycles. The standard InChI is InChI=1S/C11H9F3N2S/c1-16-7-6-15-10(16)17-9-4-2-8(3-5-9)11(12,13)14/h2-7H,1H3. The van der Waals surface area contributed by atoms with Crippen molar-refractivity contribution < 1.29 is 13.2 Å². The van der Waals surface area contributed by atoms with E-state index < -0.39 is 11.7 Å². The van der Waals surface area contributed by atoms with Crippen molar-refractivity contribution in [1.82, 2.24) is 9.55 Å². The van der Waals surface area contributed by atoms with Crippen molar-refractivity contribution >= 4 is 11.8 Å². The van der Waals surface area contributed by atoms with Crippen LogP contribution in [-0.2, 0) is 13.2 Å². The summed E-state index contributed by atoms with van der Waals surface area (Å²) in [5.41, 5.74) is -0.637. The zero-order chi connectivity index (χ0) is 12.5.